The van der Waals surface area contributed by atoms with Crippen LogP contribution >= 0.6 is 0 Å². The molecule has 0 saturated carbocycles. The van der Waals surface area contributed by atoms with E-state index in [0.717, 1.165) is 18.9 Å². The van der Waals surface area contributed by atoms with Gasteiger partial charge in [0.15, 0.2) is 0 Å². The largest absolute Gasteiger partial charge is 0.491 e. The highest BCUT2D eigenvalue weighted by molar-refractivity contribution is 5.87. The number of carbonyl (C=O) groups is 2. The number of hydrogen-bond donors (Lipinski definition) is 2. The van der Waals surface area contributed by atoms with Crippen molar-refractivity contribution in [1.29, 1.82) is 0 Å². The first kappa shape index (κ1) is 27.9. The van der Waals surface area contributed by atoms with Crippen molar-refractivity contribution in [2.75, 3.05) is 6.61 Å². The van der Waals surface area contributed by atoms with Gasteiger partial charge in [-0.15, -0.1) is 0 Å². The maximum Gasteiger partial charge on any atom is 0.335 e. The van der Waals surface area contributed by atoms with E-state index in [2.05, 4.69) is 11.9 Å². The molecule has 2 aromatic rings. The molecule has 2 N–H and O–H groups in total. The predicted molar refractivity (Wildman–Crippen MR) is 136 cm³/mol. The Morgan fingerprint density at radius 3 is 2.23 bits per heavy atom. The lowest BCUT2D eigenvalue weighted by molar-refractivity contribution is -0.131. The number of carboxylic acids is 2. The van der Waals surface area contributed by atoms with Gasteiger partial charge in [-0.3, -0.25) is 0 Å². The van der Waals surface area contributed by atoms with Gasteiger partial charge in [0, 0.05) is 12.1 Å². The molecular weight excluding hydrogens is 446 g/mol. The van der Waals surface area contributed by atoms with Gasteiger partial charge in [-0.2, -0.15) is 0 Å². The minimum Gasteiger partial charge on any atom is -0.491 e. The molecule has 0 fully saturated rings. The molecule has 190 valence electrons. The maximum atomic E-state index is 11.1. The first-order valence-electron chi connectivity index (χ1n) is 12.5. The first-order chi connectivity index (χ1) is 17.0. The lowest BCUT2D eigenvalue weighted by atomic mass is 10.1. The molecule has 1 aromatic heterocycles. The molecule has 0 aliphatic heterocycles. The number of nitrogens with zero attached hydrogens (tertiary/aromatic N) is 1. The number of aromatic nitrogens is 1. The minimum absolute atomic E-state index is 0.134. The Balaban J connectivity index is 1.83. The average Bonchev–Trinajstić information content (AvgIpc) is 2.85. The quantitative estimate of drug-likeness (QED) is 0.178. The second-order valence-corrected chi connectivity index (χ2v) is 8.53. The topological polar surface area (TPSA) is 106 Å². The van der Waals surface area contributed by atoms with E-state index in [1.165, 1.54) is 69.6 Å². The minimum atomic E-state index is -1.08. The van der Waals surface area contributed by atoms with E-state index in [0.29, 0.717) is 29.5 Å². The molecule has 1 aromatic carbocycles. The summed E-state index contributed by atoms with van der Waals surface area (Å²) < 4.78 is 11.6. The molecule has 0 saturated heterocycles. The van der Waals surface area contributed by atoms with Gasteiger partial charge < -0.3 is 19.7 Å². The van der Waals surface area contributed by atoms with Gasteiger partial charge in [-0.1, -0.05) is 76.8 Å². The second-order valence-electron chi connectivity index (χ2n) is 8.53. The molecule has 0 amide bonds. The fraction of sp³-hybridized carbons (Fsp3) is 0.464. The number of unbranched alkanes of at least 4 members (excludes halogenated alkanes) is 9. The Morgan fingerprint density at radius 1 is 0.886 bits per heavy atom. The SMILES string of the molecule is CCCCCCCCCCCCOc1ccc(OCc2cccc(C(=O)O)c2)nc1C=CC(=O)O. The van der Waals surface area contributed by atoms with Crippen molar-refractivity contribution in [2.45, 2.75) is 77.7 Å². The fourth-order valence-electron chi connectivity index (χ4n) is 3.64. The van der Waals surface area contributed by atoms with E-state index in [1.54, 1.807) is 24.3 Å². The van der Waals surface area contributed by atoms with Gasteiger partial charge in [0.25, 0.3) is 0 Å². The number of carboxylic acid groups (broad SMARTS) is 2. The summed E-state index contributed by atoms with van der Waals surface area (Å²) in [5.41, 5.74) is 1.24. The lowest BCUT2D eigenvalue weighted by Gasteiger charge is -2.11. The molecule has 0 radical (unpaired) electrons. The van der Waals surface area contributed by atoms with Crippen LogP contribution < -0.4 is 9.47 Å². The van der Waals surface area contributed by atoms with Crippen molar-refractivity contribution in [1.82, 2.24) is 4.98 Å². The molecule has 7 nitrogen and oxygen atoms in total. The lowest BCUT2D eigenvalue weighted by Crippen LogP contribution is -2.03. The Kier molecular flexibility index (Phi) is 13.0. The highest BCUT2D eigenvalue weighted by Crippen LogP contribution is 2.23. The summed E-state index contributed by atoms with van der Waals surface area (Å²) >= 11 is 0. The molecule has 0 aliphatic rings. The summed E-state index contributed by atoms with van der Waals surface area (Å²) in [6.45, 7) is 2.90. The van der Waals surface area contributed by atoms with Crippen LogP contribution in [-0.4, -0.2) is 33.7 Å². The third-order valence-electron chi connectivity index (χ3n) is 5.56. The normalized spacial score (nSPS) is 11.0. The zero-order valence-corrected chi connectivity index (χ0v) is 20.6. The van der Waals surface area contributed by atoms with Crippen molar-refractivity contribution < 1.29 is 29.3 Å². The highest BCUT2D eigenvalue weighted by Gasteiger charge is 2.08. The van der Waals surface area contributed by atoms with Crippen molar-refractivity contribution >= 4 is 18.0 Å². The molecule has 0 aliphatic carbocycles. The van der Waals surface area contributed by atoms with Crippen LogP contribution in [0.2, 0.25) is 0 Å². The van der Waals surface area contributed by atoms with E-state index in [1.807, 2.05) is 0 Å². The number of benzene rings is 1. The van der Waals surface area contributed by atoms with E-state index < -0.39 is 11.9 Å². The molecule has 1 heterocycles. The second kappa shape index (κ2) is 16.3. The Morgan fingerprint density at radius 2 is 1.57 bits per heavy atom. The van der Waals surface area contributed by atoms with Gasteiger partial charge in [0.1, 0.15) is 18.1 Å². The van der Waals surface area contributed by atoms with Gasteiger partial charge in [-0.05, 0) is 36.3 Å². The van der Waals surface area contributed by atoms with E-state index >= 15 is 0 Å². The first-order valence-corrected chi connectivity index (χ1v) is 12.5. The Hall–Kier alpha value is -3.35. The van der Waals surface area contributed by atoms with Crippen LogP contribution in [0.1, 0.15) is 92.7 Å². The standard InChI is InChI=1S/C28H37NO6/c1-2-3-4-5-6-7-8-9-10-11-19-34-25-16-17-26(29-24(25)15-18-27(30)31)35-21-22-13-12-14-23(20-22)28(32)33/h12-18,20H,2-11,19,21H2,1H3,(H,30,31)(H,32,33). The van der Waals surface area contributed by atoms with Gasteiger partial charge in [-0.25, -0.2) is 14.6 Å². The molecule has 35 heavy (non-hydrogen) atoms. The van der Waals surface area contributed by atoms with Crippen molar-refractivity contribution in [3.63, 3.8) is 0 Å². The van der Waals surface area contributed by atoms with Crippen molar-refractivity contribution in [3.8, 4) is 11.6 Å². The Labute approximate surface area is 207 Å². The van der Waals surface area contributed by atoms with Crippen LogP contribution in [0.15, 0.2) is 42.5 Å². The van der Waals surface area contributed by atoms with E-state index in [9.17, 15) is 9.59 Å². The summed E-state index contributed by atoms with van der Waals surface area (Å²) in [6, 6.07) is 9.85. The maximum absolute atomic E-state index is 11.1. The van der Waals surface area contributed by atoms with Crippen molar-refractivity contribution in [2.24, 2.45) is 0 Å². The number of pyridine rings is 1. The zero-order chi connectivity index (χ0) is 25.3. The number of aromatic carboxylic acids is 1. The van der Waals surface area contributed by atoms with Crippen LogP contribution in [0.5, 0.6) is 11.6 Å². The van der Waals surface area contributed by atoms with Crippen LogP contribution in [0.4, 0.5) is 0 Å². The zero-order valence-electron chi connectivity index (χ0n) is 20.6. The van der Waals surface area contributed by atoms with Gasteiger partial charge in [0.2, 0.25) is 5.88 Å². The molecule has 0 bridgehead atoms. The summed E-state index contributed by atoms with van der Waals surface area (Å²) in [5, 5.41) is 18.1. The highest BCUT2D eigenvalue weighted by atomic mass is 16.5. The molecule has 0 spiro atoms. The number of aliphatic carboxylic acids is 1. The molecule has 0 unspecified atom stereocenters. The summed E-state index contributed by atoms with van der Waals surface area (Å²) in [4.78, 5) is 26.5. The number of ether oxygens (including phenoxy) is 2. The van der Waals surface area contributed by atoms with E-state index in [-0.39, 0.29) is 12.2 Å². The third-order valence-corrected chi connectivity index (χ3v) is 5.56. The van der Waals surface area contributed by atoms with Crippen LogP contribution in [0.25, 0.3) is 6.08 Å². The van der Waals surface area contributed by atoms with E-state index in [4.69, 9.17) is 19.7 Å². The summed E-state index contributed by atoms with van der Waals surface area (Å²) in [5.74, 6) is -1.29. The van der Waals surface area contributed by atoms with Gasteiger partial charge >= 0.3 is 11.9 Å². The Bertz CT molecular complexity index is 956. The molecule has 7 heteroatoms. The summed E-state index contributed by atoms with van der Waals surface area (Å²) in [7, 11) is 0. The smallest absolute Gasteiger partial charge is 0.335 e. The predicted octanol–water partition coefficient (Wildman–Crippen LogP) is 6.76. The summed E-state index contributed by atoms with van der Waals surface area (Å²) in [6.07, 6.45) is 14.8. The number of rotatable bonds is 18. The monoisotopic (exact) mass is 483 g/mol. The number of hydrogen-bond acceptors (Lipinski definition) is 5. The average molecular weight is 484 g/mol. The molecule has 2 rings (SSSR count). The molecule has 0 atom stereocenters. The van der Waals surface area contributed by atoms with Gasteiger partial charge in [0.05, 0.1) is 12.2 Å². The molecular formula is C28H37NO6. The van der Waals surface area contributed by atoms with Crippen LogP contribution in [0, 0.1) is 0 Å². The fourth-order valence-corrected chi connectivity index (χ4v) is 3.64. The van der Waals surface area contributed by atoms with Crippen LogP contribution in [-0.2, 0) is 11.4 Å². The van der Waals surface area contributed by atoms with Crippen molar-refractivity contribution in [3.05, 3.63) is 59.3 Å². The van der Waals surface area contributed by atoms with Crippen LogP contribution in [0.3, 0.4) is 0 Å². The third kappa shape index (κ3) is 11.6.